The van der Waals surface area contributed by atoms with Gasteiger partial charge in [0.1, 0.15) is 16.3 Å². The summed E-state index contributed by atoms with van der Waals surface area (Å²) in [6, 6.07) is 19.8. The van der Waals surface area contributed by atoms with Gasteiger partial charge >= 0.3 is 0 Å². The molecule has 2 N–H and O–H groups in total. The third-order valence-electron chi connectivity index (χ3n) is 4.78. The fraction of sp³-hybridized carbons (Fsp3) is 0.0476. The Morgan fingerprint density at radius 2 is 1.62 bits per heavy atom. The highest BCUT2D eigenvalue weighted by atomic mass is 32.1. The van der Waals surface area contributed by atoms with Crippen molar-refractivity contribution in [3.63, 3.8) is 0 Å². The van der Waals surface area contributed by atoms with Gasteiger partial charge in [-0.2, -0.15) is 5.10 Å². The Kier molecular flexibility index (Phi) is 4.22. The molecule has 0 atom stereocenters. The summed E-state index contributed by atoms with van der Waals surface area (Å²) in [7, 11) is 1.81. The molecule has 8 heteroatoms. The number of nitrogens with zero attached hydrogens (tertiary/aromatic N) is 4. The van der Waals surface area contributed by atoms with Gasteiger partial charge in [-0.1, -0.05) is 60.7 Å². The first-order valence-electron chi connectivity index (χ1n) is 8.90. The Labute approximate surface area is 175 Å². The lowest BCUT2D eigenvalue weighted by atomic mass is 9.97. The van der Waals surface area contributed by atoms with E-state index in [-0.39, 0.29) is 5.75 Å². The summed E-state index contributed by atoms with van der Waals surface area (Å²) in [6.45, 7) is 0. The second-order valence-corrected chi connectivity index (χ2v) is 7.91. The van der Waals surface area contributed by atoms with Crippen LogP contribution in [0.1, 0.15) is 0 Å². The molecule has 0 spiro atoms. The van der Waals surface area contributed by atoms with Crippen LogP contribution in [0.2, 0.25) is 0 Å². The van der Waals surface area contributed by atoms with Gasteiger partial charge in [0, 0.05) is 18.2 Å². The van der Waals surface area contributed by atoms with E-state index in [0.29, 0.717) is 25.7 Å². The number of nitrogens with one attached hydrogen (secondary N) is 1. The predicted octanol–water partition coefficient (Wildman–Crippen LogP) is 5.19. The Bertz CT molecular complexity index is 1390. The second-order valence-electron chi connectivity index (χ2n) is 6.53. The third kappa shape index (κ3) is 2.84. The quantitative estimate of drug-likeness (QED) is 0.395. The van der Waals surface area contributed by atoms with Gasteiger partial charge in [0.25, 0.3) is 0 Å². The van der Waals surface area contributed by atoms with Crippen LogP contribution in [0.5, 0.6) is 5.75 Å². The van der Waals surface area contributed by atoms with Crippen molar-refractivity contribution in [1.29, 1.82) is 0 Å². The van der Waals surface area contributed by atoms with Gasteiger partial charge in [-0.25, -0.2) is 0 Å². The summed E-state index contributed by atoms with van der Waals surface area (Å²) in [5.74, 6) is 0.698. The summed E-state index contributed by atoms with van der Waals surface area (Å²) >= 11 is 6.57. The maximum atomic E-state index is 11.2. The van der Waals surface area contributed by atoms with Crippen molar-refractivity contribution in [1.82, 2.24) is 25.0 Å². The maximum absolute atomic E-state index is 11.2. The molecule has 0 aliphatic carbocycles. The minimum Gasteiger partial charge on any atom is -0.506 e. The van der Waals surface area contributed by atoms with E-state index in [9.17, 15) is 5.11 Å². The number of aromatic nitrogens is 5. The fourth-order valence-corrected chi connectivity index (χ4v) is 4.54. The summed E-state index contributed by atoms with van der Waals surface area (Å²) in [4.78, 5) is 1.25. The van der Waals surface area contributed by atoms with Gasteiger partial charge in [0.2, 0.25) is 0 Å². The number of hydrogen-bond donors (Lipinski definition) is 2. The Balaban J connectivity index is 1.88. The molecule has 3 aromatic heterocycles. The van der Waals surface area contributed by atoms with E-state index in [1.165, 1.54) is 11.3 Å². The molecule has 0 saturated carbocycles. The normalized spacial score (nSPS) is 11.2. The number of aromatic hydroxyl groups is 1. The van der Waals surface area contributed by atoms with Crippen molar-refractivity contribution >= 4 is 33.8 Å². The molecule has 0 bridgehead atoms. The average Bonchev–Trinajstić information content (AvgIpc) is 3.27. The number of hydrogen-bond acceptors (Lipinski definition) is 6. The van der Waals surface area contributed by atoms with Crippen molar-refractivity contribution in [2.45, 2.75) is 0 Å². The largest absolute Gasteiger partial charge is 0.506 e. The SMILES string of the molecule is Cn1c(-c2sc3nnc(-c4ccccc4)c(-c4ccccc4)c3c2O)n[nH]c1=S. The zero-order chi connectivity index (χ0) is 20.0. The maximum Gasteiger partial charge on any atom is 0.195 e. The van der Waals surface area contributed by atoms with Gasteiger partial charge in [-0.15, -0.1) is 21.5 Å². The van der Waals surface area contributed by atoms with Crippen molar-refractivity contribution in [2.75, 3.05) is 0 Å². The number of H-pyrrole nitrogens is 1. The van der Waals surface area contributed by atoms with Crippen LogP contribution >= 0.6 is 23.6 Å². The van der Waals surface area contributed by atoms with Crippen LogP contribution in [0.15, 0.2) is 60.7 Å². The molecule has 2 aromatic carbocycles. The van der Waals surface area contributed by atoms with E-state index >= 15 is 0 Å². The van der Waals surface area contributed by atoms with Crippen LogP contribution in [0.25, 0.3) is 43.3 Å². The highest BCUT2D eigenvalue weighted by Gasteiger charge is 2.24. The minimum atomic E-state index is 0.132. The van der Waals surface area contributed by atoms with Gasteiger partial charge in [-0.3, -0.25) is 5.10 Å². The van der Waals surface area contributed by atoms with E-state index in [1.54, 1.807) is 4.57 Å². The molecule has 5 aromatic rings. The van der Waals surface area contributed by atoms with Crippen LogP contribution in [-0.4, -0.2) is 30.1 Å². The number of thiophene rings is 1. The Hall–Kier alpha value is -3.36. The number of rotatable bonds is 3. The molecule has 142 valence electrons. The lowest BCUT2D eigenvalue weighted by Crippen LogP contribution is -1.93. The van der Waals surface area contributed by atoms with Crippen molar-refractivity contribution in [3.8, 4) is 38.8 Å². The van der Waals surface area contributed by atoms with Crippen LogP contribution in [0.3, 0.4) is 0 Å². The molecule has 29 heavy (non-hydrogen) atoms. The van der Waals surface area contributed by atoms with Crippen molar-refractivity contribution in [2.24, 2.45) is 7.05 Å². The molecule has 5 rings (SSSR count). The van der Waals surface area contributed by atoms with Crippen molar-refractivity contribution < 1.29 is 5.11 Å². The lowest BCUT2D eigenvalue weighted by molar-refractivity contribution is 0.484. The van der Waals surface area contributed by atoms with Crippen LogP contribution in [-0.2, 0) is 7.05 Å². The summed E-state index contributed by atoms with van der Waals surface area (Å²) in [5.41, 5.74) is 3.46. The topological polar surface area (TPSA) is 79.6 Å². The average molecular weight is 418 g/mol. The van der Waals surface area contributed by atoms with Gasteiger partial charge in [0.05, 0.1) is 5.39 Å². The molecular weight excluding hydrogens is 402 g/mol. The summed E-state index contributed by atoms with van der Waals surface area (Å²) < 4.78 is 2.21. The third-order valence-corrected chi connectivity index (χ3v) is 6.21. The zero-order valence-electron chi connectivity index (χ0n) is 15.3. The highest BCUT2D eigenvalue weighted by Crippen LogP contribution is 2.48. The molecule has 0 unspecified atom stereocenters. The molecule has 0 amide bonds. The van der Waals surface area contributed by atoms with Crippen LogP contribution in [0.4, 0.5) is 0 Å². The molecule has 0 aliphatic heterocycles. The smallest absolute Gasteiger partial charge is 0.195 e. The molecule has 0 saturated heterocycles. The molecular formula is C21H15N5OS2. The first-order valence-corrected chi connectivity index (χ1v) is 10.1. The minimum absolute atomic E-state index is 0.132. The molecule has 0 fully saturated rings. The summed E-state index contributed by atoms with van der Waals surface area (Å²) in [5, 5.41) is 27.9. The van der Waals surface area contributed by atoms with Gasteiger partial charge < -0.3 is 9.67 Å². The fourth-order valence-electron chi connectivity index (χ4n) is 3.36. The van der Waals surface area contributed by atoms with Crippen molar-refractivity contribution in [3.05, 3.63) is 65.4 Å². The highest BCUT2D eigenvalue weighted by molar-refractivity contribution is 7.71. The monoisotopic (exact) mass is 417 g/mol. The van der Waals surface area contributed by atoms with Crippen LogP contribution < -0.4 is 0 Å². The van der Waals surface area contributed by atoms with E-state index in [1.807, 2.05) is 67.7 Å². The van der Waals surface area contributed by atoms with E-state index in [4.69, 9.17) is 12.2 Å². The molecule has 0 aliphatic rings. The first kappa shape index (κ1) is 17.7. The summed E-state index contributed by atoms with van der Waals surface area (Å²) in [6.07, 6.45) is 0. The standard InChI is InChI=1S/C21H15N5OS2/c1-26-19(23-25-21(26)28)18-17(27)15-14(12-8-4-2-5-9-12)16(22-24-20(15)29-18)13-10-6-3-7-11-13/h2-11,27H,1H3,(H,25,28). The molecule has 3 heterocycles. The second kappa shape index (κ2) is 6.91. The predicted molar refractivity (Wildman–Crippen MR) is 117 cm³/mol. The van der Waals surface area contributed by atoms with E-state index in [0.717, 1.165) is 22.4 Å². The van der Waals surface area contributed by atoms with E-state index in [2.05, 4.69) is 20.4 Å². The van der Waals surface area contributed by atoms with E-state index < -0.39 is 0 Å². The Morgan fingerprint density at radius 1 is 0.966 bits per heavy atom. The van der Waals surface area contributed by atoms with Crippen LogP contribution in [0, 0.1) is 4.77 Å². The van der Waals surface area contributed by atoms with Gasteiger partial charge in [0.15, 0.2) is 15.4 Å². The number of aromatic amines is 1. The zero-order valence-corrected chi connectivity index (χ0v) is 17.0. The van der Waals surface area contributed by atoms with Gasteiger partial charge in [-0.05, 0) is 17.8 Å². The molecule has 0 radical (unpaired) electrons. The number of benzene rings is 2. The lowest BCUT2D eigenvalue weighted by Gasteiger charge is -2.10. The number of fused-ring (bicyclic) bond motifs is 1. The first-order chi connectivity index (χ1) is 14.1. The molecule has 6 nitrogen and oxygen atoms in total. The Morgan fingerprint density at radius 3 is 2.24 bits per heavy atom.